The first-order valence-corrected chi connectivity index (χ1v) is 13.7. The van der Waals surface area contributed by atoms with Crippen LogP contribution in [0.25, 0.3) is 10.9 Å². The molecule has 0 saturated carbocycles. The van der Waals surface area contributed by atoms with Crippen molar-refractivity contribution in [1.82, 2.24) is 20.2 Å². The Hall–Kier alpha value is -3.93. The molecule has 226 valence electrons. The van der Waals surface area contributed by atoms with Gasteiger partial charge in [0, 0.05) is 54.2 Å². The highest BCUT2D eigenvalue weighted by Crippen LogP contribution is 2.33. The number of nitrogens with zero attached hydrogens (tertiary/aromatic N) is 3. The number of carboxylic acids is 3. The summed E-state index contributed by atoms with van der Waals surface area (Å²) in [4.78, 5) is 42.2. The zero-order chi connectivity index (χ0) is 31.1. The second kappa shape index (κ2) is 13.4. The van der Waals surface area contributed by atoms with Gasteiger partial charge >= 0.3 is 17.9 Å². The Morgan fingerprint density at radius 2 is 1.50 bits per heavy atom. The van der Waals surface area contributed by atoms with E-state index in [-0.39, 0.29) is 11.1 Å². The van der Waals surface area contributed by atoms with E-state index in [0.29, 0.717) is 6.04 Å². The standard InChI is InChI=1S/C25H32N4.C6H8O7/c1-24(2)14-22(15-25(3,4)28-24)29(17-19-8-6-12-26-16-19)18-21-10-5-9-20-11-7-13-27-23(20)21;7-3(8)1-6(13,5(11)12)2-4(9)10/h5-13,16,22,28H,14-15,17-18H2,1-4H3;13H,1-2H2,(H,7,8)(H,9,10)(H,11,12). The van der Waals surface area contributed by atoms with E-state index >= 15 is 0 Å². The van der Waals surface area contributed by atoms with Crippen LogP contribution < -0.4 is 5.32 Å². The van der Waals surface area contributed by atoms with E-state index in [4.69, 9.17) is 25.4 Å². The van der Waals surface area contributed by atoms with Gasteiger partial charge in [0.2, 0.25) is 0 Å². The SMILES string of the molecule is CC1(C)CC(N(Cc2cccnc2)Cc2cccc3cccnc23)CC(C)(C)N1.O=C(O)CC(O)(CC(=O)O)C(=O)O. The summed E-state index contributed by atoms with van der Waals surface area (Å²) >= 11 is 0. The summed E-state index contributed by atoms with van der Waals surface area (Å²) < 4.78 is 0. The first-order chi connectivity index (χ1) is 19.6. The summed E-state index contributed by atoms with van der Waals surface area (Å²) in [5, 5.41) is 38.8. The summed E-state index contributed by atoms with van der Waals surface area (Å²) in [5.74, 6) is -5.02. The predicted molar refractivity (Wildman–Crippen MR) is 157 cm³/mol. The maximum atomic E-state index is 10.3. The maximum absolute atomic E-state index is 10.3. The number of aromatic nitrogens is 2. The molecule has 1 fully saturated rings. The molecule has 11 heteroatoms. The molecule has 0 atom stereocenters. The molecule has 1 aliphatic heterocycles. The number of rotatable bonds is 10. The average Bonchev–Trinajstić information content (AvgIpc) is 2.87. The zero-order valence-electron chi connectivity index (χ0n) is 24.4. The van der Waals surface area contributed by atoms with Gasteiger partial charge in [0.15, 0.2) is 5.60 Å². The molecule has 0 amide bonds. The lowest BCUT2D eigenvalue weighted by molar-refractivity contribution is -0.170. The number of hydrogen-bond donors (Lipinski definition) is 5. The minimum atomic E-state index is -2.74. The number of piperidine rings is 1. The van der Waals surface area contributed by atoms with Crippen molar-refractivity contribution in [2.24, 2.45) is 0 Å². The number of aliphatic hydroxyl groups is 1. The Kier molecular flexibility index (Phi) is 10.4. The van der Waals surface area contributed by atoms with Crippen LogP contribution in [0.15, 0.2) is 61.1 Å². The van der Waals surface area contributed by atoms with Gasteiger partial charge in [0.1, 0.15) is 0 Å². The number of nitrogens with one attached hydrogen (secondary N) is 1. The van der Waals surface area contributed by atoms with Gasteiger partial charge in [0.25, 0.3) is 0 Å². The molecule has 3 aromatic rings. The number of carboxylic acid groups (broad SMARTS) is 3. The molecule has 2 aromatic heterocycles. The van der Waals surface area contributed by atoms with Crippen LogP contribution in [0.2, 0.25) is 0 Å². The van der Waals surface area contributed by atoms with Gasteiger partial charge in [0.05, 0.1) is 18.4 Å². The monoisotopic (exact) mass is 580 g/mol. The molecule has 0 radical (unpaired) electrons. The molecule has 1 saturated heterocycles. The van der Waals surface area contributed by atoms with Crippen LogP contribution in [0, 0.1) is 0 Å². The first kappa shape index (κ1) is 32.6. The van der Waals surface area contributed by atoms with Crippen LogP contribution in [-0.4, -0.2) is 75.9 Å². The van der Waals surface area contributed by atoms with Gasteiger partial charge in [-0.15, -0.1) is 0 Å². The number of carbonyl (C=O) groups is 3. The Morgan fingerprint density at radius 3 is 2.05 bits per heavy atom. The number of aliphatic carboxylic acids is 3. The summed E-state index contributed by atoms with van der Waals surface area (Å²) in [6.45, 7) is 11.1. The van der Waals surface area contributed by atoms with Crippen molar-refractivity contribution in [1.29, 1.82) is 0 Å². The lowest BCUT2D eigenvalue weighted by Gasteiger charge is -2.49. The molecule has 0 bridgehead atoms. The Morgan fingerprint density at radius 1 is 0.905 bits per heavy atom. The molecule has 0 aliphatic carbocycles. The van der Waals surface area contributed by atoms with E-state index in [9.17, 15) is 14.4 Å². The molecule has 5 N–H and O–H groups in total. The Labute approximate surface area is 245 Å². The molecular formula is C31H40N4O7. The number of pyridine rings is 2. The maximum Gasteiger partial charge on any atom is 0.336 e. The van der Waals surface area contributed by atoms with E-state index < -0.39 is 36.4 Å². The Bertz CT molecular complexity index is 1360. The fourth-order valence-corrected chi connectivity index (χ4v) is 5.79. The largest absolute Gasteiger partial charge is 0.481 e. The predicted octanol–water partition coefficient (Wildman–Crippen LogP) is 3.69. The summed E-state index contributed by atoms with van der Waals surface area (Å²) in [5.41, 5.74) is 1.14. The van der Waals surface area contributed by atoms with Gasteiger partial charge in [-0.1, -0.05) is 30.3 Å². The van der Waals surface area contributed by atoms with Crippen molar-refractivity contribution in [2.45, 2.75) is 89.2 Å². The van der Waals surface area contributed by atoms with E-state index in [2.05, 4.69) is 73.2 Å². The highest BCUT2D eigenvalue weighted by Gasteiger charge is 2.41. The molecule has 0 spiro atoms. The molecule has 1 aromatic carbocycles. The second-order valence-electron chi connectivity index (χ2n) is 12.2. The van der Waals surface area contributed by atoms with Crippen molar-refractivity contribution in [3.63, 3.8) is 0 Å². The lowest BCUT2D eigenvalue weighted by Crippen LogP contribution is -2.62. The third-order valence-corrected chi connectivity index (χ3v) is 7.17. The first-order valence-electron chi connectivity index (χ1n) is 13.7. The van der Waals surface area contributed by atoms with Crippen LogP contribution in [0.3, 0.4) is 0 Å². The normalized spacial score (nSPS) is 16.4. The average molecular weight is 581 g/mol. The fraction of sp³-hybridized carbons (Fsp3) is 0.452. The van der Waals surface area contributed by atoms with Gasteiger partial charge < -0.3 is 25.7 Å². The molecule has 11 nitrogen and oxygen atoms in total. The van der Waals surface area contributed by atoms with Crippen LogP contribution in [0.5, 0.6) is 0 Å². The number of fused-ring (bicyclic) bond motifs is 1. The second-order valence-corrected chi connectivity index (χ2v) is 12.2. The van der Waals surface area contributed by atoms with Crippen molar-refractivity contribution >= 4 is 28.8 Å². The third-order valence-electron chi connectivity index (χ3n) is 7.17. The number of benzene rings is 1. The smallest absolute Gasteiger partial charge is 0.336 e. The highest BCUT2D eigenvalue weighted by molar-refractivity contribution is 5.88. The topological polar surface area (TPSA) is 173 Å². The number of hydrogen-bond acceptors (Lipinski definition) is 8. The van der Waals surface area contributed by atoms with Gasteiger partial charge in [-0.25, -0.2) is 4.79 Å². The van der Waals surface area contributed by atoms with Crippen LogP contribution in [-0.2, 0) is 27.5 Å². The van der Waals surface area contributed by atoms with E-state index in [1.807, 2.05) is 30.7 Å². The molecule has 4 rings (SSSR count). The third kappa shape index (κ3) is 9.30. The quantitative estimate of drug-likeness (QED) is 0.237. The van der Waals surface area contributed by atoms with Gasteiger partial charge in [-0.3, -0.25) is 24.5 Å². The molecule has 1 aliphatic rings. The van der Waals surface area contributed by atoms with Crippen molar-refractivity contribution in [2.75, 3.05) is 0 Å². The molecule has 0 unspecified atom stereocenters. The highest BCUT2D eigenvalue weighted by atomic mass is 16.4. The zero-order valence-corrected chi connectivity index (χ0v) is 24.4. The van der Waals surface area contributed by atoms with Gasteiger partial charge in [-0.2, -0.15) is 0 Å². The van der Waals surface area contributed by atoms with Crippen LogP contribution >= 0.6 is 0 Å². The van der Waals surface area contributed by atoms with Crippen LogP contribution in [0.1, 0.15) is 64.5 Å². The minimum Gasteiger partial charge on any atom is -0.481 e. The summed E-state index contributed by atoms with van der Waals surface area (Å²) in [7, 11) is 0. The van der Waals surface area contributed by atoms with E-state index in [0.717, 1.165) is 31.4 Å². The summed E-state index contributed by atoms with van der Waals surface area (Å²) in [6.07, 6.45) is 5.69. The lowest BCUT2D eigenvalue weighted by atomic mass is 9.78. The minimum absolute atomic E-state index is 0.108. The Balaban J connectivity index is 0.000000316. The van der Waals surface area contributed by atoms with Crippen molar-refractivity contribution in [3.8, 4) is 0 Å². The molecular weight excluding hydrogens is 540 g/mol. The van der Waals surface area contributed by atoms with Crippen LogP contribution in [0.4, 0.5) is 0 Å². The number of para-hydroxylation sites is 1. The molecule has 3 heterocycles. The van der Waals surface area contributed by atoms with Crippen molar-refractivity contribution in [3.05, 3.63) is 72.2 Å². The fourth-order valence-electron chi connectivity index (χ4n) is 5.79. The van der Waals surface area contributed by atoms with E-state index in [1.165, 1.54) is 16.5 Å². The van der Waals surface area contributed by atoms with Gasteiger partial charge in [-0.05, 0) is 63.8 Å². The molecule has 42 heavy (non-hydrogen) atoms. The summed E-state index contributed by atoms with van der Waals surface area (Å²) in [6, 6.07) is 15.4. The van der Waals surface area contributed by atoms with Crippen molar-refractivity contribution < 1.29 is 34.8 Å². The van der Waals surface area contributed by atoms with E-state index in [1.54, 1.807) is 0 Å².